The molecule has 0 atom stereocenters. The van der Waals surface area contributed by atoms with E-state index >= 15 is 0 Å². The second-order valence-electron chi connectivity index (χ2n) is 10.3. The van der Waals surface area contributed by atoms with E-state index in [1.54, 1.807) is 0 Å². The summed E-state index contributed by atoms with van der Waals surface area (Å²) in [6, 6.07) is 8.47. The first-order valence-electron chi connectivity index (χ1n) is 12.9. The topological polar surface area (TPSA) is 185 Å². The van der Waals surface area contributed by atoms with E-state index in [0.717, 1.165) is 18.5 Å². The van der Waals surface area contributed by atoms with E-state index in [0.29, 0.717) is 10.6 Å². The number of nitrogens with one attached hydrogen (secondary N) is 1. The van der Waals surface area contributed by atoms with E-state index in [4.69, 9.17) is 14.9 Å². The molecule has 0 aliphatic rings. The number of nitrogens with two attached hydrogens (primary N) is 1. The molecular weight excluding hydrogens is 603 g/mol. The number of rotatable bonds is 8. The van der Waals surface area contributed by atoms with E-state index in [9.17, 15) is 32.3 Å². The van der Waals surface area contributed by atoms with Crippen LogP contribution in [-0.2, 0) is 9.47 Å². The standard InChI is InChI=1S/C28H26F3N7O7/c1-27(2,3)45-26(42)37(14-28(29,30)31)20-11-16(9-10-33-20)24-35-19(13-44-24)23(40)34-18-12-38(36-21(18)22(32)39)17-7-5-15(6-8-17)25(41)43-4/h5-13H,14H2,1-4H3,(H2,32,39)(H,34,40). The fourth-order valence-electron chi connectivity index (χ4n) is 3.78. The lowest BCUT2D eigenvalue weighted by atomic mass is 10.2. The number of halogens is 3. The molecule has 3 heterocycles. The molecule has 0 bridgehead atoms. The first-order chi connectivity index (χ1) is 21.0. The molecule has 0 radical (unpaired) electrons. The number of hydrogen-bond donors (Lipinski definition) is 2. The minimum atomic E-state index is -4.77. The number of methoxy groups -OCH3 is 1. The number of primary amides is 1. The van der Waals surface area contributed by atoms with Crippen LogP contribution in [0.1, 0.15) is 52.1 Å². The predicted molar refractivity (Wildman–Crippen MR) is 151 cm³/mol. The molecule has 3 aromatic heterocycles. The SMILES string of the molecule is COC(=O)c1ccc(-n2cc(NC(=O)c3coc(-c4ccnc(N(CC(F)(F)F)C(=O)OC(C)(C)C)c4)n3)c(C(N)=O)n2)cc1. The molecule has 0 aliphatic carbocycles. The van der Waals surface area contributed by atoms with Gasteiger partial charge in [0.2, 0.25) is 5.89 Å². The molecule has 0 saturated heterocycles. The number of nitrogens with zero attached hydrogens (tertiary/aromatic N) is 5. The summed E-state index contributed by atoms with van der Waals surface area (Å²) in [5, 5.41) is 6.57. The van der Waals surface area contributed by atoms with Gasteiger partial charge in [0.25, 0.3) is 11.8 Å². The van der Waals surface area contributed by atoms with Gasteiger partial charge >= 0.3 is 18.2 Å². The molecule has 14 nitrogen and oxygen atoms in total. The third-order valence-corrected chi connectivity index (χ3v) is 5.71. The van der Waals surface area contributed by atoms with E-state index in [1.807, 2.05) is 0 Å². The monoisotopic (exact) mass is 629 g/mol. The highest BCUT2D eigenvalue weighted by Crippen LogP contribution is 2.27. The fraction of sp³-hybridized carbons (Fsp3) is 0.250. The molecule has 4 rings (SSSR count). The molecular formula is C28H26F3N7O7. The quantitative estimate of drug-likeness (QED) is 0.265. The number of hydrogen-bond acceptors (Lipinski definition) is 10. The average Bonchev–Trinajstić information content (AvgIpc) is 3.63. The number of anilines is 2. The van der Waals surface area contributed by atoms with Crippen molar-refractivity contribution in [1.82, 2.24) is 19.7 Å². The van der Waals surface area contributed by atoms with Gasteiger partial charge in [-0.05, 0) is 57.2 Å². The van der Waals surface area contributed by atoms with E-state index in [2.05, 4.69) is 25.1 Å². The highest BCUT2D eigenvalue weighted by Gasteiger charge is 2.36. The van der Waals surface area contributed by atoms with Crippen molar-refractivity contribution in [3.05, 3.63) is 72.0 Å². The summed E-state index contributed by atoms with van der Waals surface area (Å²) in [5.41, 5.74) is 4.53. The van der Waals surface area contributed by atoms with Gasteiger partial charge in [-0.15, -0.1) is 0 Å². The Balaban J connectivity index is 1.57. The highest BCUT2D eigenvalue weighted by molar-refractivity contribution is 6.07. The Morgan fingerprint density at radius 1 is 1.09 bits per heavy atom. The smallest absolute Gasteiger partial charge is 0.416 e. The molecule has 0 fully saturated rings. The molecule has 1 aromatic carbocycles. The Labute approximate surface area is 252 Å². The summed E-state index contributed by atoms with van der Waals surface area (Å²) >= 11 is 0. The van der Waals surface area contributed by atoms with Crippen LogP contribution in [0.25, 0.3) is 17.1 Å². The number of esters is 1. The lowest BCUT2D eigenvalue weighted by Gasteiger charge is -2.27. The maximum atomic E-state index is 13.3. The molecule has 0 spiro atoms. The number of oxazole rings is 1. The second-order valence-corrected chi connectivity index (χ2v) is 10.3. The van der Waals surface area contributed by atoms with Crippen LogP contribution in [0.2, 0.25) is 0 Å². The lowest BCUT2D eigenvalue weighted by Crippen LogP contribution is -2.42. The van der Waals surface area contributed by atoms with Crippen LogP contribution >= 0.6 is 0 Å². The summed E-state index contributed by atoms with van der Waals surface area (Å²) in [4.78, 5) is 57.6. The molecule has 3 amide bonds. The van der Waals surface area contributed by atoms with E-state index < -0.39 is 48.0 Å². The van der Waals surface area contributed by atoms with Crippen molar-refractivity contribution >= 4 is 35.4 Å². The Kier molecular flexibility index (Phi) is 8.92. The molecule has 17 heteroatoms. The Hall–Kier alpha value is -5.74. The maximum absolute atomic E-state index is 13.3. The normalized spacial score (nSPS) is 11.5. The summed E-state index contributed by atoms with van der Waals surface area (Å²) in [6.07, 6.45) is -2.62. The number of benzene rings is 1. The van der Waals surface area contributed by atoms with Gasteiger partial charge in [-0.2, -0.15) is 18.3 Å². The number of amides is 3. The fourth-order valence-corrected chi connectivity index (χ4v) is 3.78. The van der Waals surface area contributed by atoms with Crippen molar-refractivity contribution < 1.29 is 46.2 Å². The summed E-state index contributed by atoms with van der Waals surface area (Å²) < 4.78 is 56.3. The highest BCUT2D eigenvalue weighted by atomic mass is 19.4. The van der Waals surface area contributed by atoms with E-state index in [1.165, 1.54) is 69.1 Å². The molecule has 0 unspecified atom stereocenters. The van der Waals surface area contributed by atoms with Crippen LogP contribution in [-0.4, -0.2) is 69.1 Å². The molecule has 4 aromatic rings. The van der Waals surface area contributed by atoms with Gasteiger partial charge in [0, 0.05) is 11.8 Å². The first-order valence-corrected chi connectivity index (χ1v) is 12.9. The summed E-state index contributed by atoms with van der Waals surface area (Å²) in [5.74, 6) is -2.93. The van der Waals surface area contributed by atoms with Crippen LogP contribution in [0.5, 0.6) is 0 Å². The zero-order valence-electron chi connectivity index (χ0n) is 24.2. The zero-order chi connectivity index (χ0) is 33.1. The van der Waals surface area contributed by atoms with Crippen molar-refractivity contribution in [2.45, 2.75) is 32.5 Å². The van der Waals surface area contributed by atoms with Gasteiger partial charge in [0.15, 0.2) is 11.4 Å². The van der Waals surface area contributed by atoms with Crippen molar-refractivity contribution in [2.75, 3.05) is 23.9 Å². The van der Waals surface area contributed by atoms with Crippen LogP contribution < -0.4 is 16.0 Å². The van der Waals surface area contributed by atoms with Gasteiger partial charge in [-0.25, -0.2) is 24.2 Å². The zero-order valence-corrected chi connectivity index (χ0v) is 24.2. The number of aromatic nitrogens is 4. The predicted octanol–water partition coefficient (Wildman–Crippen LogP) is 4.36. The van der Waals surface area contributed by atoms with Crippen molar-refractivity contribution in [2.24, 2.45) is 5.73 Å². The van der Waals surface area contributed by atoms with Crippen molar-refractivity contribution in [1.29, 1.82) is 0 Å². The minimum absolute atomic E-state index is 0.0690. The van der Waals surface area contributed by atoms with Gasteiger partial charge < -0.3 is 24.9 Å². The molecule has 3 N–H and O–H groups in total. The molecule has 0 saturated carbocycles. The number of carbonyl (C=O) groups is 4. The van der Waals surface area contributed by atoms with Crippen LogP contribution in [0.15, 0.2) is 59.5 Å². The van der Waals surface area contributed by atoms with Gasteiger partial charge in [0.1, 0.15) is 24.2 Å². The second kappa shape index (κ2) is 12.5. The lowest BCUT2D eigenvalue weighted by molar-refractivity contribution is -0.119. The minimum Gasteiger partial charge on any atom is -0.465 e. The summed E-state index contributed by atoms with van der Waals surface area (Å²) in [6.45, 7) is 2.83. The number of carbonyl (C=O) groups excluding carboxylic acids is 4. The largest absolute Gasteiger partial charge is 0.465 e. The Bertz CT molecular complexity index is 1740. The molecule has 236 valence electrons. The van der Waals surface area contributed by atoms with Gasteiger partial charge in [-0.3, -0.25) is 14.5 Å². The van der Waals surface area contributed by atoms with Gasteiger partial charge in [0.05, 0.1) is 30.2 Å². The van der Waals surface area contributed by atoms with Gasteiger partial charge in [-0.1, -0.05) is 0 Å². The number of alkyl halides is 3. The van der Waals surface area contributed by atoms with E-state index in [-0.39, 0.29) is 34.1 Å². The summed E-state index contributed by atoms with van der Waals surface area (Å²) in [7, 11) is 1.24. The number of pyridine rings is 1. The Morgan fingerprint density at radius 2 is 1.78 bits per heavy atom. The Morgan fingerprint density at radius 3 is 2.38 bits per heavy atom. The third kappa shape index (κ3) is 8.01. The van der Waals surface area contributed by atoms with Crippen LogP contribution in [0.4, 0.5) is 29.5 Å². The van der Waals surface area contributed by atoms with Crippen molar-refractivity contribution in [3.8, 4) is 17.1 Å². The molecule has 45 heavy (non-hydrogen) atoms. The number of ether oxygens (including phenoxy) is 2. The van der Waals surface area contributed by atoms with Crippen LogP contribution in [0.3, 0.4) is 0 Å². The first kappa shape index (κ1) is 32.2. The molecule has 0 aliphatic heterocycles. The maximum Gasteiger partial charge on any atom is 0.416 e. The third-order valence-electron chi connectivity index (χ3n) is 5.71. The van der Waals surface area contributed by atoms with Crippen molar-refractivity contribution in [3.63, 3.8) is 0 Å². The van der Waals surface area contributed by atoms with Crippen LogP contribution in [0, 0.1) is 0 Å². The average molecular weight is 630 g/mol.